The highest BCUT2D eigenvalue weighted by atomic mass is 16.5. The average Bonchev–Trinajstić information content (AvgIpc) is 2.62. The zero-order valence-electron chi connectivity index (χ0n) is 15.4. The largest absolute Gasteiger partial charge is 0.506 e. The Morgan fingerprint density at radius 3 is 2.62 bits per heavy atom. The zero-order valence-corrected chi connectivity index (χ0v) is 15.4. The van der Waals surface area contributed by atoms with Gasteiger partial charge in [0, 0.05) is 6.08 Å². The summed E-state index contributed by atoms with van der Waals surface area (Å²) in [5, 5.41) is 12.5. The number of benzene rings is 2. The second kappa shape index (κ2) is 9.51. The van der Waals surface area contributed by atoms with Crippen molar-refractivity contribution in [2.24, 2.45) is 0 Å². The monoisotopic (exact) mass is 355 g/mol. The third-order valence-electron chi connectivity index (χ3n) is 3.57. The molecule has 0 radical (unpaired) electrons. The molecule has 0 spiro atoms. The van der Waals surface area contributed by atoms with Gasteiger partial charge in [-0.2, -0.15) is 0 Å². The number of phenolic OH excluding ortho intramolecular Hbond substituents is 1. The van der Waals surface area contributed by atoms with E-state index in [0.717, 1.165) is 17.5 Å². The van der Waals surface area contributed by atoms with Gasteiger partial charge < -0.3 is 19.9 Å². The van der Waals surface area contributed by atoms with Gasteiger partial charge in [-0.25, -0.2) is 0 Å². The SMILES string of the molecule is CCCOc1ccc(/C=C/C(=O)Nc2ccc(C)cc2O)cc1OCC. The maximum absolute atomic E-state index is 12.1. The number of hydrogen-bond donors (Lipinski definition) is 2. The van der Waals surface area contributed by atoms with E-state index in [2.05, 4.69) is 5.32 Å². The van der Waals surface area contributed by atoms with E-state index in [4.69, 9.17) is 9.47 Å². The van der Waals surface area contributed by atoms with Crippen LogP contribution in [0.2, 0.25) is 0 Å². The third kappa shape index (κ3) is 5.55. The average molecular weight is 355 g/mol. The number of carbonyl (C=O) groups is 1. The van der Waals surface area contributed by atoms with Crippen molar-refractivity contribution in [2.45, 2.75) is 27.2 Å². The molecule has 0 atom stereocenters. The molecule has 5 nitrogen and oxygen atoms in total. The van der Waals surface area contributed by atoms with Gasteiger partial charge in [0.2, 0.25) is 5.91 Å². The molecule has 2 rings (SSSR count). The second-order valence-corrected chi connectivity index (χ2v) is 5.83. The molecular weight excluding hydrogens is 330 g/mol. The molecule has 0 aromatic heterocycles. The summed E-state index contributed by atoms with van der Waals surface area (Å²) >= 11 is 0. The highest BCUT2D eigenvalue weighted by molar-refractivity contribution is 6.02. The first-order chi connectivity index (χ1) is 12.5. The van der Waals surface area contributed by atoms with E-state index < -0.39 is 0 Å². The lowest BCUT2D eigenvalue weighted by atomic mass is 10.1. The van der Waals surface area contributed by atoms with E-state index in [1.165, 1.54) is 6.08 Å². The lowest BCUT2D eigenvalue weighted by Gasteiger charge is -2.12. The smallest absolute Gasteiger partial charge is 0.248 e. The molecule has 0 aliphatic rings. The summed E-state index contributed by atoms with van der Waals surface area (Å²) in [6.07, 6.45) is 4.02. The molecule has 0 saturated heterocycles. The Bertz CT molecular complexity index is 784. The van der Waals surface area contributed by atoms with Crippen LogP contribution in [0.3, 0.4) is 0 Å². The number of aryl methyl sites for hydroxylation is 1. The summed E-state index contributed by atoms with van der Waals surface area (Å²) in [4.78, 5) is 12.1. The number of hydrogen-bond acceptors (Lipinski definition) is 4. The molecule has 1 amide bonds. The summed E-state index contributed by atoms with van der Waals surface area (Å²) in [7, 11) is 0. The second-order valence-electron chi connectivity index (χ2n) is 5.83. The Kier molecular flexibility index (Phi) is 7.09. The summed E-state index contributed by atoms with van der Waals surface area (Å²) in [6, 6.07) is 10.6. The Balaban J connectivity index is 2.08. The molecule has 5 heteroatoms. The zero-order chi connectivity index (χ0) is 18.9. The Morgan fingerprint density at radius 2 is 1.92 bits per heavy atom. The minimum absolute atomic E-state index is 0.0443. The van der Waals surface area contributed by atoms with E-state index in [-0.39, 0.29) is 11.7 Å². The molecule has 0 unspecified atom stereocenters. The Morgan fingerprint density at radius 1 is 1.12 bits per heavy atom. The number of ether oxygens (including phenoxy) is 2. The van der Waals surface area contributed by atoms with E-state index in [1.807, 2.05) is 45.0 Å². The number of phenols is 1. The molecule has 0 bridgehead atoms. The number of anilines is 1. The van der Waals surface area contributed by atoms with Crippen LogP contribution in [0.5, 0.6) is 17.2 Å². The standard InChI is InChI=1S/C21H25NO4/c1-4-12-26-19-10-7-16(14-20(19)25-5-2)8-11-21(24)22-17-9-6-15(3)13-18(17)23/h6-11,13-14,23H,4-5,12H2,1-3H3,(H,22,24)/b11-8+. The number of rotatable bonds is 8. The molecule has 2 aromatic rings. The first-order valence-electron chi connectivity index (χ1n) is 8.71. The van der Waals surface area contributed by atoms with Gasteiger partial charge in [-0.05, 0) is 61.7 Å². The van der Waals surface area contributed by atoms with E-state index in [1.54, 1.807) is 18.2 Å². The van der Waals surface area contributed by atoms with Crippen LogP contribution in [0.15, 0.2) is 42.5 Å². The van der Waals surface area contributed by atoms with Crippen molar-refractivity contribution < 1.29 is 19.4 Å². The van der Waals surface area contributed by atoms with Crippen LogP contribution >= 0.6 is 0 Å². The van der Waals surface area contributed by atoms with Crippen molar-refractivity contribution in [3.05, 3.63) is 53.6 Å². The van der Waals surface area contributed by atoms with E-state index in [0.29, 0.717) is 30.4 Å². The lowest BCUT2D eigenvalue weighted by molar-refractivity contribution is -0.111. The molecular formula is C21H25NO4. The first-order valence-corrected chi connectivity index (χ1v) is 8.71. The fourth-order valence-electron chi connectivity index (χ4n) is 2.32. The van der Waals surface area contributed by atoms with Crippen LogP contribution < -0.4 is 14.8 Å². The fourth-order valence-corrected chi connectivity index (χ4v) is 2.32. The Labute approximate surface area is 154 Å². The highest BCUT2D eigenvalue weighted by Gasteiger charge is 2.07. The van der Waals surface area contributed by atoms with Gasteiger partial charge in [-0.1, -0.05) is 19.1 Å². The predicted octanol–water partition coefficient (Wildman–Crippen LogP) is 4.54. The molecule has 0 fully saturated rings. The van der Waals surface area contributed by atoms with Crippen LogP contribution in [0.1, 0.15) is 31.4 Å². The lowest BCUT2D eigenvalue weighted by Crippen LogP contribution is -2.07. The predicted molar refractivity (Wildman–Crippen MR) is 104 cm³/mol. The highest BCUT2D eigenvalue weighted by Crippen LogP contribution is 2.29. The molecule has 0 aliphatic carbocycles. The van der Waals surface area contributed by atoms with Gasteiger partial charge in [0.1, 0.15) is 5.75 Å². The van der Waals surface area contributed by atoms with Crippen LogP contribution in [0.25, 0.3) is 6.08 Å². The van der Waals surface area contributed by atoms with Crippen molar-refractivity contribution in [2.75, 3.05) is 18.5 Å². The molecule has 138 valence electrons. The minimum Gasteiger partial charge on any atom is -0.506 e. The quantitative estimate of drug-likeness (QED) is 0.539. The summed E-state index contributed by atoms with van der Waals surface area (Å²) in [5.74, 6) is 1.07. The van der Waals surface area contributed by atoms with E-state index >= 15 is 0 Å². The molecule has 0 saturated carbocycles. The maximum atomic E-state index is 12.1. The number of aromatic hydroxyl groups is 1. The number of carbonyl (C=O) groups excluding carboxylic acids is 1. The van der Waals surface area contributed by atoms with Gasteiger partial charge in [-0.15, -0.1) is 0 Å². The number of nitrogens with one attached hydrogen (secondary N) is 1. The van der Waals surface area contributed by atoms with E-state index in [9.17, 15) is 9.90 Å². The number of amides is 1. The summed E-state index contributed by atoms with van der Waals surface area (Å²) < 4.78 is 11.3. The first kappa shape index (κ1) is 19.4. The Hall–Kier alpha value is -2.95. The summed E-state index contributed by atoms with van der Waals surface area (Å²) in [5.41, 5.74) is 2.12. The molecule has 0 aliphatic heterocycles. The maximum Gasteiger partial charge on any atom is 0.248 e. The normalized spacial score (nSPS) is 10.7. The van der Waals surface area contributed by atoms with Gasteiger partial charge in [0.15, 0.2) is 11.5 Å². The van der Waals surface area contributed by atoms with Crippen molar-refractivity contribution in [3.8, 4) is 17.2 Å². The molecule has 26 heavy (non-hydrogen) atoms. The van der Waals surface area contributed by atoms with Gasteiger partial charge in [-0.3, -0.25) is 4.79 Å². The third-order valence-corrected chi connectivity index (χ3v) is 3.57. The van der Waals surface area contributed by atoms with Crippen molar-refractivity contribution in [1.29, 1.82) is 0 Å². The van der Waals surface area contributed by atoms with Crippen molar-refractivity contribution in [1.82, 2.24) is 0 Å². The molecule has 2 N–H and O–H groups in total. The van der Waals surface area contributed by atoms with Gasteiger partial charge >= 0.3 is 0 Å². The topological polar surface area (TPSA) is 67.8 Å². The molecule has 0 heterocycles. The summed E-state index contributed by atoms with van der Waals surface area (Å²) in [6.45, 7) is 6.98. The van der Waals surface area contributed by atoms with Crippen molar-refractivity contribution in [3.63, 3.8) is 0 Å². The molecule has 2 aromatic carbocycles. The van der Waals surface area contributed by atoms with Crippen LogP contribution in [0, 0.1) is 6.92 Å². The van der Waals surface area contributed by atoms with Crippen LogP contribution in [-0.4, -0.2) is 24.2 Å². The minimum atomic E-state index is -0.326. The fraction of sp³-hybridized carbons (Fsp3) is 0.286. The van der Waals surface area contributed by atoms with Crippen LogP contribution in [-0.2, 0) is 4.79 Å². The van der Waals surface area contributed by atoms with Gasteiger partial charge in [0.05, 0.1) is 18.9 Å². The van der Waals surface area contributed by atoms with Crippen molar-refractivity contribution >= 4 is 17.7 Å². The van der Waals surface area contributed by atoms with Gasteiger partial charge in [0.25, 0.3) is 0 Å². The van der Waals surface area contributed by atoms with Crippen LogP contribution in [0.4, 0.5) is 5.69 Å².